The molecule has 1 rings (SSSR count). The van der Waals surface area contributed by atoms with Gasteiger partial charge in [0.25, 0.3) is 0 Å². The van der Waals surface area contributed by atoms with Crippen molar-refractivity contribution in [2.75, 3.05) is 5.43 Å². The molecule has 0 bridgehead atoms. The average molecular weight is 152 g/mol. The zero-order chi connectivity index (χ0) is 8.27. The van der Waals surface area contributed by atoms with Crippen molar-refractivity contribution in [2.45, 2.75) is 20.3 Å². The van der Waals surface area contributed by atoms with Crippen LogP contribution in [0.1, 0.15) is 18.2 Å². The van der Waals surface area contributed by atoms with E-state index in [0.717, 1.165) is 12.1 Å². The molecule has 0 atom stereocenters. The summed E-state index contributed by atoms with van der Waals surface area (Å²) in [7, 11) is 0. The lowest BCUT2D eigenvalue weighted by atomic mass is 10.2. The van der Waals surface area contributed by atoms with Crippen molar-refractivity contribution in [2.24, 2.45) is 5.84 Å². The molecular formula is C7H12N4. The van der Waals surface area contributed by atoms with E-state index in [-0.39, 0.29) is 0 Å². The van der Waals surface area contributed by atoms with Gasteiger partial charge in [-0.1, -0.05) is 6.92 Å². The number of hydrazine groups is 1. The molecular weight excluding hydrogens is 140 g/mol. The van der Waals surface area contributed by atoms with Crippen molar-refractivity contribution in [1.82, 2.24) is 10.2 Å². The fourth-order valence-corrected chi connectivity index (χ4v) is 0.920. The fourth-order valence-electron chi connectivity index (χ4n) is 0.920. The predicted octanol–water partition coefficient (Wildman–Crippen LogP) is 0.633. The summed E-state index contributed by atoms with van der Waals surface area (Å²) in [5.74, 6) is 5.79. The summed E-state index contributed by atoms with van der Waals surface area (Å²) in [6, 6.07) is 1.91. The van der Waals surface area contributed by atoms with Crippen LogP contribution in [0.3, 0.4) is 0 Å². The molecule has 0 radical (unpaired) electrons. The molecule has 0 unspecified atom stereocenters. The summed E-state index contributed by atoms with van der Waals surface area (Å²) in [5, 5.41) is 7.75. The third kappa shape index (κ3) is 1.65. The van der Waals surface area contributed by atoms with E-state index < -0.39 is 0 Å². The first kappa shape index (κ1) is 7.94. The molecule has 0 amide bonds. The van der Waals surface area contributed by atoms with E-state index in [4.69, 9.17) is 5.84 Å². The maximum absolute atomic E-state index is 5.17. The summed E-state index contributed by atoms with van der Waals surface area (Å²) in [6.45, 7) is 4.01. The summed E-state index contributed by atoms with van der Waals surface area (Å²) in [6.07, 6.45) is 0.954. The van der Waals surface area contributed by atoms with Crippen LogP contribution in [0, 0.1) is 6.92 Å². The standard InChI is InChI=1S/C7H12N4/c1-3-6-4-7(9-8)11-10-5(6)2/h4H,3,8H2,1-2H3,(H,9,11). The van der Waals surface area contributed by atoms with Crippen LogP contribution >= 0.6 is 0 Å². The number of aromatic nitrogens is 2. The van der Waals surface area contributed by atoms with Gasteiger partial charge >= 0.3 is 0 Å². The molecule has 0 aliphatic rings. The fraction of sp³-hybridized carbons (Fsp3) is 0.429. The van der Waals surface area contributed by atoms with Crippen molar-refractivity contribution in [1.29, 1.82) is 0 Å². The van der Waals surface area contributed by atoms with Gasteiger partial charge in [0, 0.05) is 0 Å². The van der Waals surface area contributed by atoms with Gasteiger partial charge in [-0.3, -0.25) is 0 Å². The van der Waals surface area contributed by atoms with Gasteiger partial charge in [0.15, 0.2) is 5.82 Å². The minimum Gasteiger partial charge on any atom is -0.307 e. The van der Waals surface area contributed by atoms with Crippen molar-refractivity contribution in [3.05, 3.63) is 17.3 Å². The van der Waals surface area contributed by atoms with Crippen molar-refractivity contribution in [3.8, 4) is 0 Å². The van der Waals surface area contributed by atoms with Crippen LogP contribution in [-0.4, -0.2) is 10.2 Å². The normalized spacial score (nSPS) is 9.73. The number of nitrogen functional groups attached to an aromatic ring is 1. The summed E-state index contributed by atoms with van der Waals surface area (Å²) in [5.41, 5.74) is 4.59. The Balaban J connectivity index is 3.02. The molecule has 1 heterocycles. The number of nitrogens with two attached hydrogens (primary N) is 1. The van der Waals surface area contributed by atoms with E-state index in [1.807, 2.05) is 13.0 Å². The first-order valence-electron chi connectivity index (χ1n) is 3.57. The Labute approximate surface area is 65.8 Å². The highest BCUT2D eigenvalue weighted by Gasteiger charge is 1.98. The van der Waals surface area contributed by atoms with E-state index in [1.165, 1.54) is 5.56 Å². The van der Waals surface area contributed by atoms with Crippen molar-refractivity contribution >= 4 is 5.82 Å². The summed E-state index contributed by atoms with van der Waals surface area (Å²) in [4.78, 5) is 0. The molecule has 4 nitrogen and oxygen atoms in total. The zero-order valence-corrected chi connectivity index (χ0v) is 6.76. The van der Waals surface area contributed by atoms with Crippen LogP contribution < -0.4 is 11.3 Å². The van der Waals surface area contributed by atoms with Gasteiger partial charge in [-0.2, -0.15) is 5.10 Å². The number of rotatable bonds is 2. The SMILES string of the molecule is CCc1cc(NN)nnc1C. The quantitative estimate of drug-likeness (QED) is 0.482. The van der Waals surface area contributed by atoms with Gasteiger partial charge in [-0.25, -0.2) is 5.84 Å². The molecule has 3 N–H and O–H groups in total. The van der Waals surface area contributed by atoms with Gasteiger partial charge in [0.2, 0.25) is 0 Å². The van der Waals surface area contributed by atoms with E-state index >= 15 is 0 Å². The first-order valence-corrected chi connectivity index (χ1v) is 3.57. The van der Waals surface area contributed by atoms with Crippen LogP contribution in [0.4, 0.5) is 5.82 Å². The average Bonchev–Trinajstić information content (AvgIpc) is 2.05. The number of hydrogen-bond acceptors (Lipinski definition) is 4. The lowest BCUT2D eigenvalue weighted by Crippen LogP contribution is -2.10. The van der Waals surface area contributed by atoms with E-state index in [1.54, 1.807) is 0 Å². The topological polar surface area (TPSA) is 63.8 Å². The van der Waals surface area contributed by atoms with Crippen LogP contribution in [0.5, 0.6) is 0 Å². The third-order valence-corrected chi connectivity index (χ3v) is 1.61. The highest BCUT2D eigenvalue weighted by molar-refractivity contribution is 5.36. The van der Waals surface area contributed by atoms with E-state index in [0.29, 0.717) is 5.82 Å². The van der Waals surface area contributed by atoms with Crippen molar-refractivity contribution in [3.63, 3.8) is 0 Å². The van der Waals surface area contributed by atoms with E-state index in [9.17, 15) is 0 Å². The van der Waals surface area contributed by atoms with Gasteiger partial charge < -0.3 is 5.43 Å². The molecule has 60 valence electrons. The Morgan fingerprint density at radius 2 is 2.27 bits per heavy atom. The number of hydrogen-bond donors (Lipinski definition) is 2. The molecule has 0 aromatic carbocycles. The van der Waals surface area contributed by atoms with Gasteiger partial charge in [-0.05, 0) is 25.0 Å². The zero-order valence-electron chi connectivity index (χ0n) is 6.76. The Hall–Kier alpha value is -1.16. The molecule has 1 aromatic rings. The van der Waals surface area contributed by atoms with Crippen LogP contribution in [0.25, 0.3) is 0 Å². The number of nitrogens with one attached hydrogen (secondary N) is 1. The maximum atomic E-state index is 5.17. The second-order valence-electron chi connectivity index (χ2n) is 2.34. The minimum absolute atomic E-state index is 0.618. The molecule has 0 aliphatic carbocycles. The Morgan fingerprint density at radius 1 is 1.55 bits per heavy atom. The molecule has 0 spiro atoms. The summed E-state index contributed by atoms with van der Waals surface area (Å²) < 4.78 is 0. The lowest BCUT2D eigenvalue weighted by molar-refractivity contribution is 0.930. The smallest absolute Gasteiger partial charge is 0.162 e. The number of nitrogens with zero attached hydrogens (tertiary/aromatic N) is 2. The largest absolute Gasteiger partial charge is 0.307 e. The summed E-state index contributed by atoms with van der Waals surface area (Å²) >= 11 is 0. The van der Waals surface area contributed by atoms with Gasteiger partial charge in [0.05, 0.1) is 5.69 Å². The first-order chi connectivity index (χ1) is 5.27. The minimum atomic E-state index is 0.618. The number of aryl methyl sites for hydroxylation is 2. The molecule has 0 aliphatic heterocycles. The van der Waals surface area contributed by atoms with Gasteiger partial charge in [0.1, 0.15) is 0 Å². The molecule has 4 heteroatoms. The molecule has 0 saturated heterocycles. The van der Waals surface area contributed by atoms with E-state index in [2.05, 4.69) is 22.5 Å². The van der Waals surface area contributed by atoms with Crippen LogP contribution in [-0.2, 0) is 6.42 Å². The number of anilines is 1. The molecule has 0 fully saturated rings. The lowest BCUT2D eigenvalue weighted by Gasteiger charge is -2.02. The second-order valence-corrected chi connectivity index (χ2v) is 2.34. The van der Waals surface area contributed by atoms with Crippen LogP contribution in [0.15, 0.2) is 6.07 Å². The molecule has 1 aromatic heterocycles. The Kier molecular flexibility index (Phi) is 2.38. The van der Waals surface area contributed by atoms with Crippen molar-refractivity contribution < 1.29 is 0 Å². The maximum Gasteiger partial charge on any atom is 0.162 e. The second kappa shape index (κ2) is 3.30. The molecule has 11 heavy (non-hydrogen) atoms. The molecule has 0 saturated carbocycles. The monoisotopic (exact) mass is 152 g/mol. The highest BCUT2D eigenvalue weighted by atomic mass is 15.3. The highest BCUT2D eigenvalue weighted by Crippen LogP contribution is 2.08. The Morgan fingerprint density at radius 3 is 2.82 bits per heavy atom. The predicted molar refractivity (Wildman–Crippen MR) is 44.0 cm³/mol. The Bertz CT molecular complexity index is 246. The third-order valence-electron chi connectivity index (χ3n) is 1.61. The van der Waals surface area contributed by atoms with Crippen LogP contribution in [0.2, 0.25) is 0 Å². The van der Waals surface area contributed by atoms with Gasteiger partial charge in [-0.15, -0.1) is 5.10 Å².